The van der Waals surface area contributed by atoms with Crippen LogP contribution in [-0.4, -0.2) is 15.9 Å². The molecule has 0 saturated carbocycles. The van der Waals surface area contributed by atoms with Crippen LogP contribution in [-0.2, 0) is 6.18 Å². The second-order valence-corrected chi connectivity index (χ2v) is 4.18. The lowest BCUT2D eigenvalue weighted by Gasteiger charge is -2.11. The summed E-state index contributed by atoms with van der Waals surface area (Å²) in [6, 6.07) is 2.68. The molecule has 0 aliphatic rings. The monoisotopic (exact) mass is 301 g/mol. The number of hydrogen-bond donors (Lipinski definition) is 1. The standard InChI is InChI=1S/C12H7ClF3N3O/c13-9-2-1-8(12(14,15)16)3-10(9)19-11(20)7-4-17-6-18-5-7/h1-6H,(H,19,20). The Morgan fingerprint density at radius 3 is 2.45 bits per heavy atom. The maximum absolute atomic E-state index is 12.6. The largest absolute Gasteiger partial charge is 0.416 e. The Bertz CT molecular complexity index is 632. The summed E-state index contributed by atoms with van der Waals surface area (Å²) < 4.78 is 37.8. The van der Waals surface area contributed by atoms with Crippen molar-refractivity contribution in [2.45, 2.75) is 6.18 Å². The Morgan fingerprint density at radius 2 is 1.85 bits per heavy atom. The van der Waals surface area contributed by atoms with E-state index in [-0.39, 0.29) is 16.3 Å². The minimum absolute atomic E-state index is 0.00296. The third kappa shape index (κ3) is 3.24. The highest BCUT2D eigenvalue weighted by molar-refractivity contribution is 6.33. The van der Waals surface area contributed by atoms with Gasteiger partial charge < -0.3 is 5.32 Å². The first-order chi connectivity index (χ1) is 9.38. The van der Waals surface area contributed by atoms with E-state index in [1.807, 2.05) is 0 Å². The lowest BCUT2D eigenvalue weighted by atomic mass is 10.2. The molecule has 2 rings (SSSR count). The molecule has 0 spiro atoms. The number of anilines is 1. The van der Waals surface area contributed by atoms with Crippen molar-refractivity contribution in [3.8, 4) is 0 Å². The van der Waals surface area contributed by atoms with Gasteiger partial charge in [-0.15, -0.1) is 0 Å². The van der Waals surface area contributed by atoms with Crippen LogP contribution in [0.4, 0.5) is 18.9 Å². The van der Waals surface area contributed by atoms with Crippen molar-refractivity contribution in [1.29, 1.82) is 0 Å². The molecule has 104 valence electrons. The van der Waals surface area contributed by atoms with Crippen LogP contribution in [0.5, 0.6) is 0 Å². The summed E-state index contributed by atoms with van der Waals surface area (Å²) in [6.45, 7) is 0. The summed E-state index contributed by atoms with van der Waals surface area (Å²) in [5.74, 6) is -0.646. The van der Waals surface area contributed by atoms with Gasteiger partial charge in [-0.2, -0.15) is 13.2 Å². The van der Waals surface area contributed by atoms with Gasteiger partial charge in [0.25, 0.3) is 5.91 Å². The van der Waals surface area contributed by atoms with Gasteiger partial charge in [0, 0.05) is 12.4 Å². The van der Waals surface area contributed by atoms with Gasteiger partial charge in [0.15, 0.2) is 0 Å². The first-order valence-electron chi connectivity index (χ1n) is 5.31. The van der Waals surface area contributed by atoms with Crippen molar-refractivity contribution >= 4 is 23.2 Å². The van der Waals surface area contributed by atoms with Crippen LogP contribution in [0.1, 0.15) is 15.9 Å². The number of aromatic nitrogens is 2. The molecule has 1 amide bonds. The van der Waals surface area contributed by atoms with E-state index in [1.54, 1.807) is 0 Å². The van der Waals surface area contributed by atoms with Gasteiger partial charge in [0.1, 0.15) is 6.33 Å². The summed E-state index contributed by atoms with van der Waals surface area (Å²) in [7, 11) is 0. The highest BCUT2D eigenvalue weighted by Crippen LogP contribution is 2.33. The van der Waals surface area contributed by atoms with Gasteiger partial charge >= 0.3 is 6.18 Å². The zero-order valence-corrected chi connectivity index (χ0v) is 10.5. The van der Waals surface area contributed by atoms with Gasteiger partial charge in [0.2, 0.25) is 0 Å². The minimum atomic E-state index is -4.51. The van der Waals surface area contributed by atoms with Crippen molar-refractivity contribution in [3.63, 3.8) is 0 Å². The summed E-state index contributed by atoms with van der Waals surface area (Å²) in [4.78, 5) is 19.1. The second-order valence-electron chi connectivity index (χ2n) is 3.77. The number of halogens is 4. The number of rotatable bonds is 2. The second kappa shape index (κ2) is 5.46. The molecule has 0 bridgehead atoms. The van der Waals surface area contributed by atoms with E-state index in [9.17, 15) is 18.0 Å². The minimum Gasteiger partial charge on any atom is -0.321 e. The molecule has 0 unspecified atom stereocenters. The van der Waals surface area contributed by atoms with Gasteiger partial charge in [-0.1, -0.05) is 11.6 Å². The van der Waals surface area contributed by atoms with E-state index in [2.05, 4.69) is 15.3 Å². The molecule has 1 aromatic heterocycles. The fraction of sp³-hybridized carbons (Fsp3) is 0.0833. The van der Waals surface area contributed by atoms with Crippen LogP contribution in [0.15, 0.2) is 36.9 Å². The van der Waals surface area contributed by atoms with E-state index < -0.39 is 17.6 Å². The number of amides is 1. The quantitative estimate of drug-likeness (QED) is 0.925. The lowest BCUT2D eigenvalue weighted by molar-refractivity contribution is -0.137. The summed E-state index contributed by atoms with van der Waals surface area (Å²) in [5, 5.41) is 2.29. The molecule has 0 aliphatic heterocycles. The van der Waals surface area contributed by atoms with Gasteiger partial charge in [0.05, 0.1) is 21.8 Å². The number of alkyl halides is 3. The molecule has 0 atom stereocenters. The fourth-order valence-corrected chi connectivity index (χ4v) is 1.57. The summed E-state index contributed by atoms with van der Waals surface area (Å²) >= 11 is 5.76. The van der Waals surface area contributed by atoms with E-state index in [4.69, 9.17) is 11.6 Å². The highest BCUT2D eigenvalue weighted by atomic mass is 35.5. The average molecular weight is 302 g/mol. The molecular formula is C12H7ClF3N3O. The predicted molar refractivity (Wildman–Crippen MR) is 66.4 cm³/mol. The molecule has 8 heteroatoms. The Labute approximate surface area is 116 Å². The number of nitrogens with zero attached hydrogens (tertiary/aromatic N) is 2. The van der Waals surface area contributed by atoms with E-state index in [0.717, 1.165) is 18.2 Å². The number of nitrogens with one attached hydrogen (secondary N) is 1. The first-order valence-corrected chi connectivity index (χ1v) is 5.69. The maximum atomic E-state index is 12.6. The lowest BCUT2D eigenvalue weighted by Crippen LogP contribution is -2.14. The van der Waals surface area contributed by atoms with Crippen LogP contribution in [0.2, 0.25) is 5.02 Å². The molecular weight excluding hydrogens is 295 g/mol. The smallest absolute Gasteiger partial charge is 0.321 e. The van der Waals surface area contributed by atoms with E-state index >= 15 is 0 Å². The molecule has 1 N–H and O–H groups in total. The number of carbonyl (C=O) groups is 1. The average Bonchev–Trinajstić information content (AvgIpc) is 2.41. The zero-order chi connectivity index (χ0) is 14.8. The van der Waals surface area contributed by atoms with E-state index in [1.165, 1.54) is 18.7 Å². The van der Waals surface area contributed by atoms with Crippen molar-refractivity contribution in [2.24, 2.45) is 0 Å². The molecule has 0 saturated heterocycles. The van der Waals surface area contributed by atoms with Crippen molar-refractivity contribution in [1.82, 2.24) is 9.97 Å². The Kier molecular flexibility index (Phi) is 3.89. The molecule has 4 nitrogen and oxygen atoms in total. The van der Waals surface area contributed by atoms with Crippen LogP contribution >= 0.6 is 11.6 Å². The molecule has 0 radical (unpaired) electrons. The third-order valence-electron chi connectivity index (χ3n) is 2.36. The number of benzene rings is 1. The predicted octanol–water partition coefficient (Wildman–Crippen LogP) is 3.40. The van der Waals surface area contributed by atoms with Crippen molar-refractivity contribution < 1.29 is 18.0 Å². The van der Waals surface area contributed by atoms with Crippen LogP contribution < -0.4 is 5.32 Å². The van der Waals surface area contributed by atoms with Crippen LogP contribution in [0, 0.1) is 0 Å². The normalized spacial score (nSPS) is 11.2. The first kappa shape index (κ1) is 14.3. The third-order valence-corrected chi connectivity index (χ3v) is 2.69. The molecule has 2 aromatic rings. The zero-order valence-electron chi connectivity index (χ0n) is 9.78. The fourth-order valence-electron chi connectivity index (χ4n) is 1.41. The van der Waals surface area contributed by atoms with Gasteiger partial charge in [-0.3, -0.25) is 4.79 Å². The van der Waals surface area contributed by atoms with Crippen LogP contribution in [0.3, 0.4) is 0 Å². The summed E-state index contributed by atoms with van der Waals surface area (Å²) in [5.41, 5.74) is -0.919. The molecule has 0 fully saturated rings. The SMILES string of the molecule is O=C(Nc1cc(C(F)(F)F)ccc1Cl)c1cncnc1. The van der Waals surface area contributed by atoms with Crippen molar-refractivity contribution in [2.75, 3.05) is 5.32 Å². The molecule has 1 aromatic carbocycles. The van der Waals surface area contributed by atoms with Gasteiger partial charge in [-0.25, -0.2) is 9.97 Å². The van der Waals surface area contributed by atoms with E-state index in [0.29, 0.717) is 0 Å². The Morgan fingerprint density at radius 1 is 1.20 bits per heavy atom. The van der Waals surface area contributed by atoms with Crippen LogP contribution in [0.25, 0.3) is 0 Å². The van der Waals surface area contributed by atoms with Gasteiger partial charge in [-0.05, 0) is 18.2 Å². The Hall–Kier alpha value is -2.15. The molecule has 0 aliphatic carbocycles. The number of hydrogen-bond acceptors (Lipinski definition) is 3. The van der Waals surface area contributed by atoms with Crippen molar-refractivity contribution in [3.05, 3.63) is 53.1 Å². The topological polar surface area (TPSA) is 54.9 Å². The highest BCUT2D eigenvalue weighted by Gasteiger charge is 2.31. The maximum Gasteiger partial charge on any atom is 0.416 e. The molecule has 20 heavy (non-hydrogen) atoms. The Balaban J connectivity index is 2.27. The molecule has 1 heterocycles. The number of carbonyl (C=O) groups excluding carboxylic acids is 1. The summed E-state index contributed by atoms with van der Waals surface area (Å²) in [6.07, 6.45) is -0.804.